The lowest BCUT2D eigenvalue weighted by atomic mass is 9.82. The largest absolute Gasteiger partial charge is 0.507 e. The van der Waals surface area contributed by atoms with Crippen LogP contribution in [0.15, 0.2) is 34.7 Å². The van der Waals surface area contributed by atoms with Crippen molar-refractivity contribution in [2.24, 2.45) is 0 Å². The van der Waals surface area contributed by atoms with Gasteiger partial charge in [-0.05, 0) is 37.1 Å². The van der Waals surface area contributed by atoms with E-state index in [0.29, 0.717) is 36.2 Å². The smallest absolute Gasteiger partial charge is 0.202 e. The summed E-state index contributed by atoms with van der Waals surface area (Å²) >= 11 is 0. The second-order valence-electron chi connectivity index (χ2n) is 6.44. The van der Waals surface area contributed by atoms with Crippen LogP contribution in [0.4, 0.5) is 0 Å². The predicted octanol–water partition coefficient (Wildman–Crippen LogP) is 4.07. The number of phenolic OH excluding ortho intramolecular Hbond substituents is 1. The molecule has 26 heavy (non-hydrogen) atoms. The van der Waals surface area contributed by atoms with Crippen molar-refractivity contribution in [3.63, 3.8) is 0 Å². The third-order valence-electron chi connectivity index (χ3n) is 4.76. The van der Waals surface area contributed by atoms with Gasteiger partial charge in [0.15, 0.2) is 5.78 Å². The second kappa shape index (κ2) is 5.85. The summed E-state index contributed by atoms with van der Waals surface area (Å²) in [6.07, 6.45) is 1.67. The summed E-state index contributed by atoms with van der Waals surface area (Å²) in [4.78, 5) is 25.9. The number of hydrogen-bond donors (Lipinski definition) is 1. The van der Waals surface area contributed by atoms with Crippen LogP contribution in [0, 0.1) is 18.3 Å². The molecule has 0 unspecified atom stereocenters. The Morgan fingerprint density at radius 2 is 1.92 bits per heavy atom. The molecule has 0 radical (unpaired) electrons. The molecule has 2 aromatic carbocycles. The number of carbonyl (C=O) groups is 2. The Morgan fingerprint density at radius 3 is 2.69 bits per heavy atom. The monoisotopic (exact) mass is 345 g/mol. The van der Waals surface area contributed by atoms with Crippen molar-refractivity contribution in [2.45, 2.75) is 26.2 Å². The Morgan fingerprint density at radius 1 is 1.12 bits per heavy atom. The molecule has 0 atom stereocenters. The number of aryl methyl sites for hydroxylation is 2. The van der Waals surface area contributed by atoms with Crippen molar-refractivity contribution in [2.75, 3.05) is 0 Å². The lowest BCUT2D eigenvalue weighted by Crippen LogP contribution is -2.21. The van der Waals surface area contributed by atoms with Gasteiger partial charge in [-0.3, -0.25) is 9.59 Å². The molecular formula is C21H15NO4. The minimum atomic E-state index is -0.407. The fraction of sp³-hybridized carbons (Fsp3) is 0.190. The molecule has 1 aliphatic carbocycles. The van der Waals surface area contributed by atoms with Gasteiger partial charge in [-0.1, -0.05) is 12.1 Å². The molecule has 0 aliphatic heterocycles. The number of nitriles is 1. The number of fused-ring (bicyclic) bond motifs is 4. The Balaban J connectivity index is 1.94. The number of nitrogens with zero attached hydrogens (tertiary/aromatic N) is 1. The molecule has 0 amide bonds. The van der Waals surface area contributed by atoms with Gasteiger partial charge in [-0.25, -0.2) is 0 Å². The number of phenols is 1. The zero-order chi connectivity index (χ0) is 18.4. The minimum Gasteiger partial charge on any atom is -0.507 e. The van der Waals surface area contributed by atoms with Gasteiger partial charge in [0, 0.05) is 29.4 Å². The Kier molecular flexibility index (Phi) is 3.62. The van der Waals surface area contributed by atoms with E-state index in [1.165, 1.54) is 6.07 Å². The minimum absolute atomic E-state index is 0.0255. The van der Waals surface area contributed by atoms with Gasteiger partial charge in [0.1, 0.15) is 17.1 Å². The van der Waals surface area contributed by atoms with Crippen molar-refractivity contribution in [1.29, 1.82) is 5.26 Å². The first-order valence-corrected chi connectivity index (χ1v) is 8.37. The molecule has 1 heterocycles. The first-order chi connectivity index (χ1) is 12.5. The van der Waals surface area contributed by atoms with Crippen molar-refractivity contribution >= 4 is 22.5 Å². The number of ketones is 2. The maximum Gasteiger partial charge on any atom is 0.202 e. The predicted molar refractivity (Wildman–Crippen MR) is 94.5 cm³/mol. The number of hydrogen-bond acceptors (Lipinski definition) is 5. The van der Waals surface area contributed by atoms with E-state index in [1.807, 2.05) is 13.0 Å². The number of aromatic hydroxyl groups is 1. The summed E-state index contributed by atoms with van der Waals surface area (Å²) in [5.41, 5.74) is 1.96. The molecule has 1 aliphatic rings. The number of benzene rings is 2. The number of unbranched alkanes of at least 4 members (excludes halogenated alkanes) is 1. The van der Waals surface area contributed by atoms with Crippen molar-refractivity contribution in [3.8, 4) is 11.8 Å². The third kappa shape index (κ3) is 2.23. The fourth-order valence-corrected chi connectivity index (χ4v) is 3.52. The molecule has 0 spiro atoms. The van der Waals surface area contributed by atoms with Crippen LogP contribution in [0.1, 0.15) is 56.0 Å². The van der Waals surface area contributed by atoms with Gasteiger partial charge in [0.25, 0.3) is 0 Å². The highest BCUT2D eigenvalue weighted by molar-refractivity contribution is 6.32. The van der Waals surface area contributed by atoms with Gasteiger partial charge in [0.2, 0.25) is 5.78 Å². The lowest BCUT2D eigenvalue weighted by molar-refractivity contribution is 0.0977. The van der Waals surface area contributed by atoms with Crippen molar-refractivity contribution in [3.05, 3.63) is 63.9 Å². The van der Waals surface area contributed by atoms with Gasteiger partial charge >= 0.3 is 0 Å². The van der Waals surface area contributed by atoms with Crippen molar-refractivity contribution in [1.82, 2.24) is 0 Å². The van der Waals surface area contributed by atoms with Crippen LogP contribution in [-0.4, -0.2) is 16.7 Å². The van der Waals surface area contributed by atoms with E-state index >= 15 is 0 Å². The zero-order valence-corrected chi connectivity index (χ0v) is 14.1. The van der Waals surface area contributed by atoms with Crippen LogP contribution >= 0.6 is 0 Å². The molecule has 1 aromatic heterocycles. The quantitative estimate of drug-likeness (QED) is 0.565. The Hall–Kier alpha value is -3.39. The molecule has 1 N–H and O–H groups in total. The van der Waals surface area contributed by atoms with Crippen LogP contribution in [0.25, 0.3) is 11.0 Å². The topological polar surface area (TPSA) is 91.3 Å². The van der Waals surface area contributed by atoms with Crippen LogP contribution < -0.4 is 0 Å². The van der Waals surface area contributed by atoms with Crippen LogP contribution in [0.2, 0.25) is 0 Å². The Bertz CT molecular complexity index is 1130. The molecule has 5 heteroatoms. The second-order valence-corrected chi connectivity index (χ2v) is 6.44. The van der Waals surface area contributed by atoms with Crippen molar-refractivity contribution < 1.29 is 19.1 Å². The first kappa shape index (κ1) is 16.1. The molecule has 0 fully saturated rings. The van der Waals surface area contributed by atoms with E-state index < -0.39 is 5.78 Å². The van der Waals surface area contributed by atoms with Gasteiger partial charge in [-0.2, -0.15) is 5.26 Å². The SMILES string of the molecule is Cc1cc2c(c3oc(CCCC#N)cc13)C(=O)c1c(O)cccc1C2=O. The maximum absolute atomic E-state index is 13.1. The standard InChI is InChI=1S/C21H15NO4/c1-11-9-15-18(21-14(11)10-12(26-21)5-2-3-8-22)20(25)17-13(19(15)24)6-4-7-16(17)23/h4,6-7,9-10,23H,2-3,5H2,1H3. The van der Waals surface area contributed by atoms with E-state index in [4.69, 9.17) is 9.68 Å². The van der Waals surface area contributed by atoms with Crippen LogP contribution in [0.3, 0.4) is 0 Å². The fourth-order valence-electron chi connectivity index (χ4n) is 3.52. The Labute approximate surface area is 149 Å². The summed E-state index contributed by atoms with van der Waals surface area (Å²) in [5.74, 6) is -0.232. The van der Waals surface area contributed by atoms with E-state index in [2.05, 4.69) is 6.07 Å². The average Bonchev–Trinajstić information content (AvgIpc) is 3.04. The first-order valence-electron chi connectivity index (χ1n) is 8.37. The third-order valence-corrected chi connectivity index (χ3v) is 4.76. The van der Waals surface area contributed by atoms with Crippen LogP contribution in [0.5, 0.6) is 5.75 Å². The van der Waals surface area contributed by atoms with Crippen LogP contribution in [-0.2, 0) is 6.42 Å². The summed E-state index contributed by atoms with van der Waals surface area (Å²) < 4.78 is 5.90. The number of furan rings is 1. The molecule has 0 saturated carbocycles. The lowest BCUT2D eigenvalue weighted by Gasteiger charge is -2.19. The van der Waals surface area contributed by atoms with E-state index in [1.54, 1.807) is 18.2 Å². The summed E-state index contributed by atoms with van der Waals surface area (Å²) in [7, 11) is 0. The van der Waals surface area contributed by atoms with E-state index in [-0.39, 0.29) is 28.2 Å². The van der Waals surface area contributed by atoms with E-state index in [0.717, 1.165) is 10.9 Å². The van der Waals surface area contributed by atoms with Gasteiger partial charge < -0.3 is 9.52 Å². The summed E-state index contributed by atoms with van der Waals surface area (Å²) in [6, 6.07) is 10.2. The maximum atomic E-state index is 13.1. The normalized spacial score (nSPS) is 12.8. The summed E-state index contributed by atoms with van der Waals surface area (Å²) in [5, 5.41) is 19.6. The molecule has 0 bridgehead atoms. The average molecular weight is 345 g/mol. The van der Waals surface area contributed by atoms with E-state index in [9.17, 15) is 14.7 Å². The highest BCUT2D eigenvalue weighted by Gasteiger charge is 2.35. The number of carbonyl (C=O) groups excluding carboxylic acids is 2. The van der Waals surface area contributed by atoms with Gasteiger partial charge in [0.05, 0.1) is 17.2 Å². The number of rotatable bonds is 3. The molecule has 4 rings (SSSR count). The molecule has 5 nitrogen and oxygen atoms in total. The zero-order valence-electron chi connectivity index (χ0n) is 14.1. The molecular weight excluding hydrogens is 330 g/mol. The van der Waals surface area contributed by atoms with Gasteiger partial charge in [-0.15, -0.1) is 0 Å². The highest BCUT2D eigenvalue weighted by atomic mass is 16.3. The molecule has 3 aromatic rings. The summed E-state index contributed by atoms with van der Waals surface area (Å²) in [6.45, 7) is 1.87. The highest BCUT2D eigenvalue weighted by Crippen LogP contribution is 2.38. The molecule has 0 saturated heterocycles. The molecule has 128 valence electrons.